The van der Waals surface area contributed by atoms with Gasteiger partial charge in [0.1, 0.15) is 0 Å². The Labute approximate surface area is 142 Å². The third-order valence-corrected chi connectivity index (χ3v) is 6.33. The lowest BCUT2D eigenvalue weighted by molar-refractivity contribution is 0.0561. The zero-order chi connectivity index (χ0) is 16.9. The SMILES string of the molecule is CC(C)(C)S(=O)CCNC(=O)N1CCN(CC2CCCO2)CC1. The van der Waals surface area contributed by atoms with Gasteiger partial charge in [0.15, 0.2) is 0 Å². The molecule has 2 aliphatic rings. The third-order valence-electron chi connectivity index (χ3n) is 4.39. The van der Waals surface area contributed by atoms with Crippen molar-refractivity contribution in [2.75, 3.05) is 51.6 Å². The molecule has 0 radical (unpaired) electrons. The molecule has 23 heavy (non-hydrogen) atoms. The quantitative estimate of drug-likeness (QED) is 0.809. The van der Waals surface area contributed by atoms with Crippen molar-refractivity contribution in [2.45, 2.75) is 44.5 Å². The maximum Gasteiger partial charge on any atom is 0.317 e. The van der Waals surface area contributed by atoms with Gasteiger partial charge in [-0.3, -0.25) is 9.11 Å². The van der Waals surface area contributed by atoms with Gasteiger partial charge in [-0.25, -0.2) is 4.79 Å². The van der Waals surface area contributed by atoms with Crippen molar-refractivity contribution < 1.29 is 13.7 Å². The number of ether oxygens (including phenoxy) is 1. The molecule has 6 nitrogen and oxygen atoms in total. The summed E-state index contributed by atoms with van der Waals surface area (Å²) >= 11 is 0. The standard InChI is InChI=1S/C16H31N3O3S/c1-16(2,3)23(21)12-6-17-15(20)19-9-7-18(8-10-19)13-14-5-4-11-22-14/h14H,4-13H2,1-3H3,(H,17,20). The van der Waals surface area contributed by atoms with E-state index >= 15 is 0 Å². The van der Waals surface area contributed by atoms with Crippen LogP contribution in [0, 0.1) is 0 Å². The molecule has 0 aliphatic carbocycles. The molecular weight excluding hydrogens is 314 g/mol. The van der Waals surface area contributed by atoms with E-state index in [0.717, 1.165) is 45.8 Å². The normalized spacial score (nSPS) is 24.7. The fourth-order valence-electron chi connectivity index (χ4n) is 2.88. The van der Waals surface area contributed by atoms with Crippen LogP contribution < -0.4 is 5.32 Å². The summed E-state index contributed by atoms with van der Waals surface area (Å²) in [7, 11) is -0.923. The molecule has 2 heterocycles. The van der Waals surface area contributed by atoms with Gasteiger partial charge in [-0.2, -0.15) is 0 Å². The molecule has 0 bridgehead atoms. The summed E-state index contributed by atoms with van der Waals surface area (Å²) < 4.78 is 17.4. The molecule has 2 amide bonds. The second kappa shape index (κ2) is 8.44. The van der Waals surface area contributed by atoms with Crippen molar-refractivity contribution in [3.05, 3.63) is 0 Å². The number of nitrogens with one attached hydrogen (secondary N) is 1. The summed E-state index contributed by atoms with van der Waals surface area (Å²) in [4.78, 5) is 16.4. The van der Waals surface area contributed by atoms with Crippen molar-refractivity contribution in [3.63, 3.8) is 0 Å². The number of urea groups is 1. The second-order valence-electron chi connectivity index (χ2n) is 7.32. The summed E-state index contributed by atoms with van der Waals surface area (Å²) in [5.41, 5.74) is 0. The van der Waals surface area contributed by atoms with Gasteiger partial charge < -0.3 is 15.0 Å². The van der Waals surface area contributed by atoms with Crippen LogP contribution in [0.25, 0.3) is 0 Å². The number of rotatable bonds is 5. The summed E-state index contributed by atoms with van der Waals surface area (Å²) in [6.45, 7) is 11.5. The topological polar surface area (TPSA) is 61.9 Å². The van der Waals surface area contributed by atoms with E-state index in [9.17, 15) is 9.00 Å². The highest BCUT2D eigenvalue weighted by Gasteiger charge is 2.25. The zero-order valence-electron chi connectivity index (χ0n) is 14.7. The van der Waals surface area contributed by atoms with Crippen molar-refractivity contribution in [1.82, 2.24) is 15.1 Å². The van der Waals surface area contributed by atoms with Crippen LogP contribution in [0.5, 0.6) is 0 Å². The first-order valence-electron chi connectivity index (χ1n) is 8.61. The van der Waals surface area contributed by atoms with Crippen LogP contribution in [-0.2, 0) is 15.5 Å². The van der Waals surface area contributed by atoms with Crippen LogP contribution in [0.1, 0.15) is 33.6 Å². The van der Waals surface area contributed by atoms with Crippen LogP contribution in [0.3, 0.4) is 0 Å². The first-order valence-corrected chi connectivity index (χ1v) is 9.93. The molecule has 2 saturated heterocycles. The van der Waals surface area contributed by atoms with Gasteiger partial charge in [-0.05, 0) is 33.6 Å². The molecule has 0 spiro atoms. The van der Waals surface area contributed by atoms with Gasteiger partial charge in [0.25, 0.3) is 0 Å². The number of piperazine rings is 1. The molecule has 2 rings (SSSR count). The first-order chi connectivity index (χ1) is 10.9. The van der Waals surface area contributed by atoms with Crippen LogP contribution in [0.2, 0.25) is 0 Å². The molecule has 0 saturated carbocycles. The lowest BCUT2D eigenvalue weighted by atomic mass is 10.2. The molecule has 2 aliphatic heterocycles. The van der Waals surface area contributed by atoms with E-state index in [1.165, 1.54) is 6.42 Å². The Hall–Kier alpha value is -0.660. The van der Waals surface area contributed by atoms with E-state index in [-0.39, 0.29) is 10.8 Å². The summed E-state index contributed by atoms with van der Waals surface area (Å²) in [5.74, 6) is 0.508. The predicted molar refractivity (Wildman–Crippen MR) is 93.1 cm³/mol. The zero-order valence-corrected chi connectivity index (χ0v) is 15.5. The largest absolute Gasteiger partial charge is 0.377 e. The maximum atomic E-state index is 12.2. The molecule has 7 heteroatoms. The Balaban J connectivity index is 1.62. The number of carbonyl (C=O) groups excluding carboxylic acids is 1. The molecule has 0 aromatic rings. The number of hydrogen-bond acceptors (Lipinski definition) is 4. The summed E-state index contributed by atoms with van der Waals surface area (Å²) in [6, 6.07) is -0.0346. The highest BCUT2D eigenvalue weighted by Crippen LogP contribution is 2.14. The smallest absolute Gasteiger partial charge is 0.317 e. The summed E-state index contributed by atoms with van der Waals surface area (Å²) in [5, 5.41) is 2.89. The minimum Gasteiger partial charge on any atom is -0.377 e. The average molecular weight is 346 g/mol. The van der Waals surface area contributed by atoms with Gasteiger partial charge >= 0.3 is 6.03 Å². The van der Waals surface area contributed by atoms with Gasteiger partial charge in [0.2, 0.25) is 0 Å². The van der Waals surface area contributed by atoms with Crippen molar-refractivity contribution >= 4 is 16.8 Å². The van der Waals surface area contributed by atoms with E-state index in [0.29, 0.717) is 18.4 Å². The van der Waals surface area contributed by atoms with Crippen LogP contribution in [-0.4, -0.2) is 82.5 Å². The lowest BCUT2D eigenvalue weighted by Crippen LogP contribution is -2.53. The van der Waals surface area contributed by atoms with Crippen molar-refractivity contribution in [3.8, 4) is 0 Å². The monoisotopic (exact) mass is 345 g/mol. The van der Waals surface area contributed by atoms with Gasteiger partial charge in [-0.15, -0.1) is 0 Å². The molecular formula is C16H31N3O3S. The Morgan fingerprint density at radius 1 is 1.26 bits per heavy atom. The molecule has 0 aromatic carbocycles. The number of amides is 2. The van der Waals surface area contributed by atoms with E-state index in [4.69, 9.17) is 4.74 Å². The number of carbonyl (C=O) groups is 1. The van der Waals surface area contributed by atoms with Crippen LogP contribution in [0.15, 0.2) is 0 Å². The average Bonchev–Trinajstić information content (AvgIpc) is 2.99. The van der Waals surface area contributed by atoms with E-state index in [1.807, 2.05) is 25.7 Å². The Morgan fingerprint density at radius 2 is 1.96 bits per heavy atom. The minimum atomic E-state index is -0.923. The third kappa shape index (κ3) is 6.04. The van der Waals surface area contributed by atoms with Gasteiger partial charge in [-0.1, -0.05) is 0 Å². The van der Waals surface area contributed by atoms with Crippen LogP contribution >= 0.6 is 0 Å². The number of nitrogens with zero attached hydrogens (tertiary/aromatic N) is 2. The molecule has 2 atom stereocenters. The van der Waals surface area contributed by atoms with E-state index in [2.05, 4.69) is 10.2 Å². The fraction of sp³-hybridized carbons (Fsp3) is 0.938. The van der Waals surface area contributed by atoms with E-state index < -0.39 is 10.8 Å². The van der Waals surface area contributed by atoms with Gasteiger partial charge in [0, 0.05) is 67.2 Å². The molecule has 2 fully saturated rings. The molecule has 1 N–H and O–H groups in total. The van der Waals surface area contributed by atoms with Crippen molar-refractivity contribution in [2.24, 2.45) is 0 Å². The van der Waals surface area contributed by atoms with E-state index in [1.54, 1.807) is 0 Å². The Morgan fingerprint density at radius 3 is 2.52 bits per heavy atom. The highest BCUT2D eigenvalue weighted by molar-refractivity contribution is 7.86. The van der Waals surface area contributed by atoms with Crippen LogP contribution in [0.4, 0.5) is 4.79 Å². The molecule has 2 unspecified atom stereocenters. The molecule has 134 valence electrons. The van der Waals surface area contributed by atoms with Crippen molar-refractivity contribution in [1.29, 1.82) is 0 Å². The maximum absolute atomic E-state index is 12.2. The lowest BCUT2D eigenvalue weighted by Gasteiger charge is -2.35. The Bertz CT molecular complexity index is 411. The highest BCUT2D eigenvalue weighted by atomic mass is 32.2. The fourth-order valence-corrected chi connectivity index (χ4v) is 3.78. The Kier molecular flexibility index (Phi) is 6.85. The minimum absolute atomic E-state index is 0.0346. The first kappa shape index (κ1) is 18.7. The predicted octanol–water partition coefficient (Wildman–Crippen LogP) is 1.04. The number of hydrogen-bond donors (Lipinski definition) is 1. The molecule has 0 aromatic heterocycles. The second-order valence-corrected chi connectivity index (χ2v) is 9.64. The van der Waals surface area contributed by atoms with Gasteiger partial charge in [0.05, 0.1) is 6.10 Å². The summed E-state index contributed by atoms with van der Waals surface area (Å²) in [6.07, 6.45) is 2.71.